The van der Waals surface area contributed by atoms with E-state index >= 15 is 0 Å². The number of nitrogens with zero attached hydrogens (tertiary/aromatic N) is 1. The highest BCUT2D eigenvalue weighted by Crippen LogP contribution is 2.06. The van der Waals surface area contributed by atoms with Crippen LogP contribution >= 0.6 is 0 Å². The number of carboxylic acids is 2. The molecule has 17 heavy (non-hydrogen) atoms. The lowest BCUT2D eigenvalue weighted by atomic mass is 10.1. The molecule has 0 aliphatic rings. The lowest BCUT2D eigenvalue weighted by molar-refractivity contribution is -0.873. The summed E-state index contributed by atoms with van der Waals surface area (Å²) in [5.74, 6) is -1.41. The Morgan fingerprint density at radius 2 is 1.53 bits per heavy atom. The van der Waals surface area contributed by atoms with Crippen molar-refractivity contribution in [2.24, 2.45) is 11.7 Å². The zero-order valence-corrected chi connectivity index (χ0v) is 11.3. The molecule has 0 heterocycles. The van der Waals surface area contributed by atoms with Gasteiger partial charge in [-0.05, 0) is 6.92 Å². The Hall–Kier alpha value is -1.14. The standard InChI is InChI=1S/C8H17NO2.C3H7NO2/c1-7(5-8(10)11)6-9(2,3)4;1-2(4)3(5)6/h7H,5-6H2,1-4H3;2H,4H2,1H3,(H,5,6)/p+1. The zero-order chi connectivity index (χ0) is 14.2. The minimum atomic E-state index is -0.963. The second-order valence-electron chi connectivity index (χ2n) is 5.30. The van der Waals surface area contributed by atoms with Crippen molar-refractivity contribution in [2.45, 2.75) is 26.3 Å². The number of hydrogen-bond donors (Lipinski definition) is 3. The Morgan fingerprint density at radius 3 is 1.71 bits per heavy atom. The van der Waals surface area contributed by atoms with Gasteiger partial charge < -0.3 is 20.4 Å². The minimum Gasteiger partial charge on any atom is -0.481 e. The van der Waals surface area contributed by atoms with Crippen molar-refractivity contribution in [3.63, 3.8) is 0 Å². The maximum Gasteiger partial charge on any atom is 0.320 e. The molecule has 0 bridgehead atoms. The first-order chi connectivity index (χ1) is 7.45. The molecule has 0 saturated carbocycles. The first-order valence-electron chi connectivity index (χ1n) is 5.46. The van der Waals surface area contributed by atoms with Crippen LogP contribution in [0.4, 0.5) is 0 Å². The monoisotopic (exact) mass is 249 g/mol. The first-order valence-corrected chi connectivity index (χ1v) is 5.46. The number of quaternary nitrogens is 1. The van der Waals surface area contributed by atoms with Crippen LogP contribution in [0.15, 0.2) is 0 Å². The highest BCUT2D eigenvalue weighted by molar-refractivity contribution is 5.72. The smallest absolute Gasteiger partial charge is 0.320 e. The van der Waals surface area contributed by atoms with E-state index in [0.717, 1.165) is 11.0 Å². The first kappa shape index (κ1) is 18.2. The van der Waals surface area contributed by atoms with E-state index in [1.165, 1.54) is 6.92 Å². The molecule has 0 fully saturated rings. The molecule has 6 nitrogen and oxygen atoms in total. The van der Waals surface area contributed by atoms with E-state index in [4.69, 9.17) is 15.9 Å². The van der Waals surface area contributed by atoms with Gasteiger partial charge in [0.05, 0.1) is 34.1 Å². The lowest BCUT2D eigenvalue weighted by Gasteiger charge is -2.26. The van der Waals surface area contributed by atoms with Crippen LogP contribution < -0.4 is 5.73 Å². The Labute approximate surface area is 103 Å². The fourth-order valence-corrected chi connectivity index (χ4v) is 1.30. The van der Waals surface area contributed by atoms with Crippen molar-refractivity contribution in [3.05, 3.63) is 0 Å². The van der Waals surface area contributed by atoms with Crippen LogP contribution in [0.2, 0.25) is 0 Å². The third-order valence-corrected chi connectivity index (χ3v) is 1.77. The maximum atomic E-state index is 10.3. The SMILES string of the molecule is CC(CC(=O)O)C[N+](C)(C)C.CC(N)C(=O)O. The third-order valence-electron chi connectivity index (χ3n) is 1.77. The average Bonchev–Trinajstić information content (AvgIpc) is 1.98. The van der Waals surface area contributed by atoms with Crippen molar-refractivity contribution in [1.82, 2.24) is 0 Å². The number of hydrogen-bond acceptors (Lipinski definition) is 3. The van der Waals surface area contributed by atoms with E-state index in [2.05, 4.69) is 21.1 Å². The number of carboxylic acid groups (broad SMARTS) is 2. The quantitative estimate of drug-likeness (QED) is 0.605. The Bertz CT molecular complexity index is 246. The molecule has 2 unspecified atom stereocenters. The molecule has 0 aromatic rings. The van der Waals surface area contributed by atoms with Gasteiger partial charge in [0.2, 0.25) is 0 Å². The summed E-state index contributed by atoms with van der Waals surface area (Å²) in [6.45, 7) is 4.30. The van der Waals surface area contributed by atoms with Crippen LogP contribution in [-0.2, 0) is 9.59 Å². The molecule has 6 heteroatoms. The normalized spacial score (nSPS) is 14.2. The predicted octanol–water partition coefficient (Wildman–Crippen LogP) is 0.222. The summed E-state index contributed by atoms with van der Waals surface area (Å²) in [7, 11) is 6.20. The van der Waals surface area contributed by atoms with E-state index in [1.54, 1.807) is 0 Å². The van der Waals surface area contributed by atoms with E-state index in [-0.39, 0.29) is 12.3 Å². The maximum absolute atomic E-state index is 10.3. The van der Waals surface area contributed by atoms with Crippen molar-refractivity contribution in [3.8, 4) is 0 Å². The van der Waals surface area contributed by atoms with Gasteiger partial charge in [-0.15, -0.1) is 0 Å². The van der Waals surface area contributed by atoms with Crippen molar-refractivity contribution < 1.29 is 24.3 Å². The molecule has 0 radical (unpaired) electrons. The van der Waals surface area contributed by atoms with Crippen LogP contribution in [-0.4, -0.2) is 60.4 Å². The summed E-state index contributed by atoms with van der Waals surface area (Å²) in [6.07, 6.45) is 0.273. The summed E-state index contributed by atoms with van der Waals surface area (Å²) in [4.78, 5) is 19.9. The second kappa shape index (κ2) is 8.03. The Kier molecular flexibility index (Phi) is 8.61. The molecule has 0 aromatic carbocycles. The Balaban J connectivity index is 0. The van der Waals surface area contributed by atoms with E-state index in [1.807, 2.05) is 6.92 Å². The molecular formula is C11H25N2O4+. The molecule has 0 spiro atoms. The Morgan fingerprint density at radius 1 is 1.18 bits per heavy atom. The van der Waals surface area contributed by atoms with Gasteiger partial charge in [-0.3, -0.25) is 9.59 Å². The number of carbonyl (C=O) groups is 2. The molecule has 0 rings (SSSR count). The second-order valence-corrected chi connectivity index (χ2v) is 5.30. The zero-order valence-electron chi connectivity index (χ0n) is 11.3. The van der Waals surface area contributed by atoms with Gasteiger partial charge in [0.1, 0.15) is 6.04 Å². The average molecular weight is 249 g/mol. The predicted molar refractivity (Wildman–Crippen MR) is 65.6 cm³/mol. The van der Waals surface area contributed by atoms with Crippen LogP contribution in [0.1, 0.15) is 20.3 Å². The van der Waals surface area contributed by atoms with Crippen LogP contribution in [0.25, 0.3) is 0 Å². The molecule has 0 aliphatic carbocycles. The van der Waals surface area contributed by atoms with Gasteiger partial charge in [0.15, 0.2) is 0 Å². The van der Waals surface area contributed by atoms with Gasteiger partial charge in [-0.1, -0.05) is 6.92 Å². The topological polar surface area (TPSA) is 101 Å². The largest absolute Gasteiger partial charge is 0.481 e. The summed E-state index contributed by atoms with van der Waals surface area (Å²) in [6, 6.07) is -0.731. The number of aliphatic carboxylic acids is 2. The summed E-state index contributed by atoms with van der Waals surface area (Å²) in [5, 5.41) is 16.3. The molecule has 4 N–H and O–H groups in total. The minimum absolute atomic E-state index is 0.257. The fourth-order valence-electron chi connectivity index (χ4n) is 1.30. The molecular weight excluding hydrogens is 224 g/mol. The molecule has 102 valence electrons. The highest BCUT2D eigenvalue weighted by Gasteiger charge is 2.15. The molecule has 0 aromatic heterocycles. The highest BCUT2D eigenvalue weighted by atomic mass is 16.4. The fraction of sp³-hybridized carbons (Fsp3) is 0.818. The molecule has 0 amide bonds. The summed E-state index contributed by atoms with van der Waals surface area (Å²) < 4.78 is 0.828. The van der Waals surface area contributed by atoms with E-state index in [0.29, 0.717) is 0 Å². The number of nitrogens with two attached hydrogens (primary N) is 1. The van der Waals surface area contributed by atoms with Crippen LogP contribution in [0, 0.1) is 5.92 Å². The van der Waals surface area contributed by atoms with Crippen LogP contribution in [0.5, 0.6) is 0 Å². The molecule has 0 aliphatic heterocycles. The van der Waals surface area contributed by atoms with Crippen molar-refractivity contribution in [2.75, 3.05) is 27.7 Å². The van der Waals surface area contributed by atoms with Crippen LogP contribution in [0.3, 0.4) is 0 Å². The third kappa shape index (κ3) is 17.5. The van der Waals surface area contributed by atoms with Gasteiger partial charge >= 0.3 is 11.9 Å². The molecule has 2 atom stereocenters. The summed E-state index contributed by atoms with van der Waals surface area (Å²) in [5.41, 5.74) is 4.84. The van der Waals surface area contributed by atoms with Crippen molar-refractivity contribution in [1.29, 1.82) is 0 Å². The van der Waals surface area contributed by atoms with Crippen molar-refractivity contribution >= 4 is 11.9 Å². The molecule has 0 saturated heterocycles. The summed E-state index contributed by atoms with van der Waals surface area (Å²) >= 11 is 0. The lowest BCUT2D eigenvalue weighted by Crippen LogP contribution is -2.38. The van der Waals surface area contributed by atoms with E-state index < -0.39 is 18.0 Å². The van der Waals surface area contributed by atoms with Gasteiger partial charge in [0.25, 0.3) is 0 Å². The van der Waals surface area contributed by atoms with Gasteiger partial charge in [0, 0.05) is 5.92 Å². The number of rotatable bonds is 5. The van der Waals surface area contributed by atoms with Gasteiger partial charge in [-0.25, -0.2) is 0 Å². The van der Waals surface area contributed by atoms with Gasteiger partial charge in [-0.2, -0.15) is 0 Å². The van der Waals surface area contributed by atoms with E-state index in [9.17, 15) is 9.59 Å².